The zero-order valence-electron chi connectivity index (χ0n) is 13.4. The topological polar surface area (TPSA) is 52.8 Å². The van der Waals surface area contributed by atoms with Crippen molar-refractivity contribution in [2.24, 2.45) is 0 Å². The van der Waals surface area contributed by atoms with E-state index in [2.05, 4.69) is 20.9 Å². The lowest BCUT2D eigenvalue weighted by Gasteiger charge is -2.09. The fourth-order valence-corrected chi connectivity index (χ4v) is 4.25. The number of nitrogens with zero attached hydrogens (tertiary/aromatic N) is 2. The molecule has 0 saturated carbocycles. The average molecular weight is 417 g/mol. The summed E-state index contributed by atoms with van der Waals surface area (Å²) >= 11 is 4.83. The van der Waals surface area contributed by atoms with E-state index in [1.165, 1.54) is 11.3 Å². The molecule has 0 amide bonds. The van der Waals surface area contributed by atoms with Crippen LogP contribution < -0.4 is 19.6 Å². The number of ether oxygens (including phenoxy) is 2. The molecule has 0 bridgehead atoms. The van der Waals surface area contributed by atoms with Gasteiger partial charge < -0.3 is 9.47 Å². The van der Waals surface area contributed by atoms with E-state index in [0.717, 1.165) is 21.1 Å². The normalized spacial score (nSPS) is 12.2. The van der Waals surface area contributed by atoms with Crippen LogP contribution in [0.4, 0.5) is 0 Å². The highest BCUT2D eigenvalue weighted by Crippen LogP contribution is 2.33. The van der Waals surface area contributed by atoms with Crippen molar-refractivity contribution in [3.8, 4) is 11.5 Å². The number of rotatable bonds is 3. The molecule has 0 fully saturated rings. The number of methoxy groups -OCH3 is 2. The molecule has 2 aromatic carbocycles. The van der Waals surface area contributed by atoms with Crippen LogP contribution in [0.15, 0.2) is 45.7 Å². The summed E-state index contributed by atoms with van der Waals surface area (Å²) in [6, 6.07) is 11.3. The molecule has 126 valence electrons. The smallest absolute Gasteiger partial charge is 0.274 e. The van der Waals surface area contributed by atoms with E-state index in [4.69, 9.17) is 9.47 Å². The molecule has 0 N–H and O–H groups in total. The van der Waals surface area contributed by atoms with Gasteiger partial charge in [0, 0.05) is 11.6 Å². The number of fused-ring (bicyclic) bond motifs is 3. The molecule has 25 heavy (non-hydrogen) atoms. The number of imidazole rings is 1. The van der Waals surface area contributed by atoms with Crippen molar-refractivity contribution in [2.75, 3.05) is 14.2 Å². The second-order valence-corrected chi connectivity index (χ2v) is 7.23. The van der Waals surface area contributed by atoms with E-state index in [-0.39, 0.29) is 5.56 Å². The Bertz CT molecular complexity index is 1210. The summed E-state index contributed by atoms with van der Waals surface area (Å²) in [5, 5.41) is 0. The summed E-state index contributed by atoms with van der Waals surface area (Å²) in [6.45, 7) is 0. The van der Waals surface area contributed by atoms with Crippen LogP contribution in [0.2, 0.25) is 0 Å². The van der Waals surface area contributed by atoms with Crippen molar-refractivity contribution in [2.45, 2.75) is 0 Å². The first-order chi connectivity index (χ1) is 12.1. The third-order valence-electron chi connectivity index (χ3n) is 3.94. The third-order valence-corrected chi connectivity index (χ3v) is 5.52. The fraction of sp³-hybridized carbons (Fsp3) is 0.111. The fourth-order valence-electron chi connectivity index (χ4n) is 2.75. The van der Waals surface area contributed by atoms with Crippen LogP contribution in [-0.2, 0) is 0 Å². The number of thiazole rings is 1. The maximum Gasteiger partial charge on any atom is 0.274 e. The number of para-hydroxylation sites is 2. The molecule has 0 radical (unpaired) electrons. The Morgan fingerprint density at radius 2 is 1.92 bits per heavy atom. The SMILES string of the molecule is COc1cc(OC)c(/C=c2\sc3nc4ccccc4n3c2=O)cc1Br. The molecule has 0 unspecified atom stereocenters. The Hall–Kier alpha value is -2.38. The van der Waals surface area contributed by atoms with Gasteiger partial charge in [-0.15, -0.1) is 0 Å². The highest BCUT2D eigenvalue weighted by Gasteiger charge is 2.12. The molecule has 5 nitrogen and oxygen atoms in total. The maximum atomic E-state index is 12.8. The first-order valence-corrected chi connectivity index (χ1v) is 9.06. The van der Waals surface area contributed by atoms with Gasteiger partial charge in [-0.3, -0.25) is 4.79 Å². The van der Waals surface area contributed by atoms with Crippen LogP contribution in [0.1, 0.15) is 5.56 Å². The number of halogens is 1. The molecule has 0 spiro atoms. The Labute approximate surface area is 155 Å². The van der Waals surface area contributed by atoms with E-state index in [1.807, 2.05) is 36.4 Å². The predicted molar refractivity (Wildman–Crippen MR) is 103 cm³/mol. The van der Waals surface area contributed by atoms with Gasteiger partial charge in [-0.2, -0.15) is 0 Å². The Kier molecular flexibility index (Phi) is 3.97. The van der Waals surface area contributed by atoms with E-state index < -0.39 is 0 Å². The minimum absolute atomic E-state index is 0.0808. The van der Waals surface area contributed by atoms with E-state index in [1.54, 1.807) is 24.7 Å². The highest BCUT2D eigenvalue weighted by atomic mass is 79.9. The van der Waals surface area contributed by atoms with Crippen molar-refractivity contribution < 1.29 is 9.47 Å². The summed E-state index contributed by atoms with van der Waals surface area (Å²) in [5.41, 5.74) is 2.35. The molecule has 2 heterocycles. The van der Waals surface area contributed by atoms with Crippen molar-refractivity contribution >= 4 is 49.3 Å². The van der Waals surface area contributed by atoms with Gasteiger partial charge in [-0.1, -0.05) is 23.5 Å². The van der Waals surface area contributed by atoms with E-state index in [0.29, 0.717) is 21.0 Å². The quantitative estimate of drug-likeness (QED) is 0.514. The minimum atomic E-state index is -0.0808. The molecule has 7 heteroatoms. The van der Waals surface area contributed by atoms with Crippen LogP contribution in [0.3, 0.4) is 0 Å². The Morgan fingerprint density at radius 3 is 2.68 bits per heavy atom. The van der Waals surface area contributed by atoms with Gasteiger partial charge in [0.1, 0.15) is 11.5 Å². The largest absolute Gasteiger partial charge is 0.496 e. The summed E-state index contributed by atoms with van der Waals surface area (Å²) in [5.74, 6) is 1.30. The molecule has 0 aliphatic carbocycles. The second-order valence-electron chi connectivity index (χ2n) is 5.36. The van der Waals surface area contributed by atoms with Gasteiger partial charge in [-0.25, -0.2) is 9.38 Å². The van der Waals surface area contributed by atoms with Gasteiger partial charge in [-0.05, 0) is 40.2 Å². The van der Waals surface area contributed by atoms with Gasteiger partial charge in [0.05, 0.1) is 34.3 Å². The zero-order chi connectivity index (χ0) is 17.6. The van der Waals surface area contributed by atoms with Crippen LogP contribution in [0, 0.1) is 0 Å². The standard InChI is InChI=1S/C18H13BrN2O3S/c1-23-14-9-15(24-2)11(19)7-10(14)8-16-17(22)21-13-6-4-3-5-12(13)20-18(21)25-16/h3-9H,1-2H3/b16-8-. The van der Waals surface area contributed by atoms with Crippen LogP contribution in [0.25, 0.3) is 22.1 Å². The third kappa shape index (κ3) is 2.60. The number of benzene rings is 2. The lowest BCUT2D eigenvalue weighted by Crippen LogP contribution is -2.22. The number of aromatic nitrogens is 2. The average Bonchev–Trinajstić information content (AvgIpc) is 3.12. The Balaban J connectivity index is 1.97. The van der Waals surface area contributed by atoms with Gasteiger partial charge in [0.2, 0.25) is 0 Å². The lowest BCUT2D eigenvalue weighted by molar-refractivity contribution is 0.392. The Morgan fingerprint density at radius 1 is 1.16 bits per heavy atom. The monoisotopic (exact) mass is 416 g/mol. The van der Waals surface area contributed by atoms with Crippen molar-refractivity contribution in [1.29, 1.82) is 0 Å². The summed E-state index contributed by atoms with van der Waals surface area (Å²) in [7, 11) is 3.19. The first kappa shape index (κ1) is 16.1. The van der Waals surface area contributed by atoms with Crippen molar-refractivity contribution in [1.82, 2.24) is 9.38 Å². The first-order valence-electron chi connectivity index (χ1n) is 7.45. The van der Waals surface area contributed by atoms with Gasteiger partial charge in [0.25, 0.3) is 5.56 Å². The molecule has 4 aromatic rings. The molecule has 0 saturated heterocycles. The van der Waals surface area contributed by atoms with Crippen LogP contribution >= 0.6 is 27.3 Å². The van der Waals surface area contributed by atoms with Crippen molar-refractivity contribution in [3.05, 3.63) is 61.3 Å². The van der Waals surface area contributed by atoms with Crippen LogP contribution in [0.5, 0.6) is 11.5 Å². The summed E-state index contributed by atoms with van der Waals surface area (Å²) < 4.78 is 13.8. The molecule has 2 aromatic heterocycles. The lowest BCUT2D eigenvalue weighted by atomic mass is 10.2. The molecule has 0 aliphatic heterocycles. The molecular formula is C18H13BrN2O3S. The van der Waals surface area contributed by atoms with Crippen LogP contribution in [-0.4, -0.2) is 23.6 Å². The highest BCUT2D eigenvalue weighted by molar-refractivity contribution is 9.10. The summed E-state index contributed by atoms with van der Waals surface area (Å²) in [6.07, 6.45) is 1.82. The molecule has 4 rings (SSSR count). The van der Waals surface area contributed by atoms with Gasteiger partial charge in [0.15, 0.2) is 4.96 Å². The zero-order valence-corrected chi connectivity index (χ0v) is 15.8. The van der Waals surface area contributed by atoms with E-state index >= 15 is 0 Å². The number of hydrogen-bond acceptors (Lipinski definition) is 5. The molecule has 0 aliphatic rings. The molecular weight excluding hydrogens is 404 g/mol. The van der Waals surface area contributed by atoms with Gasteiger partial charge >= 0.3 is 0 Å². The molecule has 0 atom stereocenters. The number of hydrogen-bond donors (Lipinski definition) is 0. The van der Waals surface area contributed by atoms with E-state index in [9.17, 15) is 4.79 Å². The van der Waals surface area contributed by atoms with Crippen molar-refractivity contribution in [3.63, 3.8) is 0 Å². The second kappa shape index (κ2) is 6.16. The predicted octanol–water partition coefficient (Wildman–Crippen LogP) is 3.24. The summed E-state index contributed by atoms with van der Waals surface area (Å²) in [4.78, 5) is 18.1. The minimum Gasteiger partial charge on any atom is -0.496 e. The maximum absolute atomic E-state index is 12.8.